The number of thioether (sulfide) groups is 1. The lowest BCUT2D eigenvalue weighted by atomic mass is 10.1. The standard InChI is InChI=1S/C13H17FN2S/c1-10(9-17-3)16(2)8-12-6-4-5-11(7-15)13(12)14/h4-6,10H,8-9H2,1-3H3. The molecule has 0 saturated carbocycles. The van der Waals surface area contributed by atoms with Crippen molar-refractivity contribution in [3.8, 4) is 6.07 Å². The molecule has 0 aromatic heterocycles. The summed E-state index contributed by atoms with van der Waals surface area (Å²) in [6.07, 6.45) is 2.06. The van der Waals surface area contributed by atoms with E-state index in [1.165, 1.54) is 6.07 Å². The summed E-state index contributed by atoms with van der Waals surface area (Å²) in [6.45, 7) is 2.64. The first kappa shape index (κ1) is 14.0. The first-order valence-corrected chi connectivity index (χ1v) is 6.86. The van der Waals surface area contributed by atoms with Gasteiger partial charge in [-0.05, 0) is 26.3 Å². The van der Waals surface area contributed by atoms with E-state index >= 15 is 0 Å². The molecular weight excluding hydrogens is 235 g/mol. The van der Waals surface area contributed by atoms with Crippen molar-refractivity contribution < 1.29 is 4.39 Å². The van der Waals surface area contributed by atoms with Crippen LogP contribution < -0.4 is 0 Å². The van der Waals surface area contributed by atoms with Gasteiger partial charge in [-0.15, -0.1) is 0 Å². The Labute approximate surface area is 106 Å². The summed E-state index contributed by atoms with van der Waals surface area (Å²) in [5.74, 6) is 0.619. The second kappa shape index (κ2) is 6.63. The van der Waals surface area contributed by atoms with E-state index in [0.717, 1.165) is 5.75 Å². The van der Waals surface area contributed by atoms with E-state index in [1.54, 1.807) is 23.9 Å². The summed E-state index contributed by atoms with van der Waals surface area (Å²) in [5, 5.41) is 8.76. The van der Waals surface area contributed by atoms with E-state index in [-0.39, 0.29) is 5.56 Å². The summed E-state index contributed by atoms with van der Waals surface area (Å²) < 4.78 is 13.8. The number of hydrogen-bond donors (Lipinski definition) is 0. The van der Waals surface area contributed by atoms with Gasteiger partial charge in [0.2, 0.25) is 0 Å². The molecule has 1 unspecified atom stereocenters. The fourth-order valence-electron chi connectivity index (χ4n) is 1.58. The van der Waals surface area contributed by atoms with E-state index < -0.39 is 5.82 Å². The molecule has 0 aliphatic heterocycles. The topological polar surface area (TPSA) is 27.0 Å². The third kappa shape index (κ3) is 3.72. The van der Waals surface area contributed by atoms with Crippen molar-refractivity contribution in [2.45, 2.75) is 19.5 Å². The largest absolute Gasteiger partial charge is 0.299 e. The van der Waals surface area contributed by atoms with Crippen LogP contribution in [0, 0.1) is 17.1 Å². The van der Waals surface area contributed by atoms with Crippen LogP contribution in [0.25, 0.3) is 0 Å². The SMILES string of the molecule is CSCC(C)N(C)Cc1cccc(C#N)c1F. The third-order valence-corrected chi connectivity index (χ3v) is 3.59. The van der Waals surface area contributed by atoms with Gasteiger partial charge in [-0.2, -0.15) is 17.0 Å². The van der Waals surface area contributed by atoms with Crippen LogP contribution in [0.2, 0.25) is 0 Å². The molecule has 0 amide bonds. The molecule has 0 radical (unpaired) electrons. The van der Waals surface area contributed by atoms with Crippen molar-refractivity contribution in [2.24, 2.45) is 0 Å². The van der Waals surface area contributed by atoms with Gasteiger partial charge in [0, 0.05) is 23.9 Å². The number of hydrogen-bond acceptors (Lipinski definition) is 3. The smallest absolute Gasteiger partial charge is 0.145 e. The Hall–Kier alpha value is -1.05. The fraction of sp³-hybridized carbons (Fsp3) is 0.462. The number of nitrogens with zero attached hydrogens (tertiary/aromatic N) is 2. The monoisotopic (exact) mass is 252 g/mol. The molecule has 4 heteroatoms. The summed E-state index contributed by atoms with van der Waals surface area (Å²) in [5.41, 5.74) is 0.702. The Morgan fingerprint density at radius 2 is 2.24 bits per heavy atom. The Morgan fingerprint density at radius 1 is 1.53 bits per heavy atom. The summed E-state index contributed by atoms with van der Waals surface area (Å²) in [4.78, 5) is 2.09. The molecule has 1 rings (SSSR count). The maximum absolute atomic E-state index is 13.8. The highest BCUT2D eigenvalue weighted by Crippen LogP contribution is 2.15. The van der Waals surface area contributed by atoms with Crippen LogP contribution in [0.4, 0.5) is 4.39 Å². The van der Waals surface area contributed by atoms with E-state index in [0.29, 0.717) is 18.2 Å². The molecular formula is C13H17FN2S. The third-order valence-electron chi connectivity index (χ3n) is 2.78. The molecule has 1 atom stereocenters. The van der Waals surface area contributed by atoms with Crippen LogP contribution >= 0.6 is 11.8 Å². The van der Waals surface area contributed by atoms with Crippen molar-refractivity contribution in [1.82, 2.24) is 4.90 Å². The second-order valence-electron chi connectivity index (χ2n) is 4.11. The quantitative estimate of drug-likeness (QED) is 0.806. The normalized spacial score (nSPS) is 12.5. The minimum absolute atomic E-state index is 0.119. The number of nitriles is 1. The molecule has 17 heavy (non-hydrogen) atoms. The average molecular weight is 252 g/mol. The maximum atomic E-state index is 13.8. The predicted octanol–water partition coefficient (Wildman–Crippen LogP) is 2.88. The maximum Gasteiger partial charge on any atom is 0.145 e. The van der Waals surface area contributed by atoms with Gasteiger partial charge in [-0.1, -0.05) is 12.1 Å². The molecule has 0 heterocycles. The van der Waals surface area contributed by atoms with Gasteiger partial charge in [0.25, 0.3) is 0 Å². The van der Waals surface area contributed by atoms with Gasteiger partial charge in [0.05, 0.1) is 5.56 Å². The molecule has 0 fully saturated rings. The molecule has 0 aliphatic carbocycles. The van der Waals surface area contributed by atoms with Gasteiger partial charge in [-0.25, -0.2) is 4.39 Å². The van der Waals surface area contributed by atoms with Crippen LogP contribution in [0.3, 0.4) is 0 Å². The summed E-state index contributed by atoms with van der Waals surface area (Å²) in [6, 6.07) is 7.21. The van der Waals surface area contributed by atoms with Crippen LogP contribution in [-0.2, 0) is 6.54 Å². The van der Waals surface area contributed by atoms with Gasteiger partial charge >= 0.3 is 0 Å². The van der Waals surface area contributed by atoms with Crippen molar-refractivity contribution in [1.29, 1.82) is 5.26 Å². The molecule has 0 saturated heterocycles. The fourth-order valence-corrected chi connectivity index (χ4v) is 2.32. The first-order valence-electron chi connectivity index (χ1n) is 5.46. The highest BCUT2D eigenvalue weighted by Gasteiger charge is 2.13. The van der Waals surface area contributed by atoms with Crippen molar-refractivity contribution >= 4 is 11.8 Å². The van der Waals surface area contributed by atoms with Crippen molar-refractivity contribution in [2.75, 3.05) is 19.1 Å². The van der Waals surface area contributed by atoms with E-state index in [9.17, 15) is 4.39 Å². The molecule has 0 bridgehead atoms. The Balaban J connectivity index is 2.79. The highest BCUT2D eigenvalue weighted by atomic mass is 32.2. The molecule has 92 valence electrons. The average Bonchev–Trinajstić information content (AvgIpc) is 2.32. The van der Waals surface area contributed by atoms with Crippen molar-refractivity contribution in [3.63, 3.8) is 0 Å². The molecule has 0 N–H and O–H groups in total. The minimum Gasteiger partial charge on any atom is -0.299 e. The summed E-state index contributed by atoms with van der Waals surface area (Å²) in [7, 11) is 1.97. The van der Waals surface area contributed by atoms with E-state index in [2.05, 4.69) is 18.1 Å². The zero-order valence-corrected chi connectivity index (χ0v) is 11.2. The van der Waals surface area contributed by atoms with Crippen LogP contribution in [0.5, 0.6) is 0 Å². The zero-order chi connectivity index (χ0) is 12.8. The number of halogens is 1. The van der Waals surface area contributed by atoms with Crippen LogP contribution in [0.15, 0.2) is 18.2 Å². The lowest BCUT2D eigenvalue weighted by molar-refractivity contribution is 0.266. The Bertz CT molecular complexity index is 414. The molecule has 0 spiro atoms. The minimum atomic E-state index is -0.391. The van der Waals surface area contributed by atoms with E-state index in [1.807, 2.05) is 13.1 Å². The zero-order valence-electron chi connectivity index (χ0n) is 10.4. The van der Waals surface area contributed by atoms with Crippen LogP contribution in [-0.4, -0.2) is 30.0 Å². The molecule has 0 aliphatic rings. The van der Waals surface area contributed by atoms with Gasteiger partial charge in [0.15, 0.2) is 0 Å². The predicted molar refractivity (Wildman–Crippen MR) is 70.4 cm³/mol. The van der Waals surface area contributed by atoms with Gasteiger partial charge in [0.1, 0.15) is 11.9 Å². The first-order chi connectivity index (χ1) is 8.10. The number of benzene rings is 1. The molecule has 2 nitrogen and oxygen atoms in total. The molecule has 1 aromatic carbocycles. The lowest BCUT2D eigenvalue weighted by Crippen LogP contribution is -2.30. The van der Waals surface area contributed by atoms with Crippen LogP contribution in [0.1, 0.15) is 18.1 Å². The number of rotatable bonds is 5. The van der Waals surface area contributed by atoms with E-state index in [4.69, 9.17) is 5.26 Å². The molecule has 1 aromatic rings. The Kier molecular flexibility index (Phi) is 5.46. The highest BCUT2D eigenvalue weighted by molar-refractivity contribution is 7.98. The Morgan fingerprint density at radius 3 is 2.82 bits per heavy atom. The summed E-state index contributed by atoms with van der Waals surface area (Å²) >= 11 is 1.77. The van der Waals surface area contributed by atoms with Gasteiger partial charge in [-0.3, -0.25) is 4.90 Å². The van der Waals surface area contributed by atoms with Crippen molar-refractivity contribution in [3.05, 3.63) is 35.1 Å². The van der Waals surface area contributed by atoms with Gasteiger partial charge < -0.3 is 0 Å². The second-order valence-corrected chi connectivity index (χ2v) is 5.02. The lowest BCUT2D eigenvalue weighted by Gasteiger charge is -2.24.